The van der Waals surface area contributed by atoms with Crippen molar-refractivity contribution in [2.45, 2.75) is 52.6 Å². The number of aliphatic hydroxyl groups excluding tert-OH is 1. The van der Waals surface area contributed by atoms with Gasteiger partial charge in [-0.3, -0.25) is 0 Å². The molecule has 0 heterocycles. The van der Waals surface area contributed by atoms with Crippen molar-refractivity contribution < 1.29 is 23.4 Å². The number of hydrogen-bond acceptors (Lipinski definition) is 3. The van der Waals surface area contributed by atoms with Gasteiger partial charge in [-0.15, -0.1) is 0 Å². The van der Waals surface area contributed by atoms with Crippen LogP contribution >= 0.6 is 0 Å². The molecule has 6 heteroatoms. The van der Waals surface area contributed by atoms with Gasteiger partial charge in [0.2, 0.25) is 0 Å². The Labute approximate surface area is 113 Å². The smallest absolute Gasteiger partial charge is 0.410 e. The molecule has 0 spiro atoms. The van der Waals surface area contributed by atoms with E-state index in [2.05, 4.69) is 0 Å². The molecule has 0 saturated heterocycles. The Bertz CT molecular complexity index is 320. The molecule has 0 aliphatic heterocycles. The van der Waals surface area contributed by atoms with Gasteiger partial charge in [-0.05, 0) is 27.2 Å². The van der Waals surface area contributed by atoms with Gasteiger partial charge in [0.15, 0.2) is 5.76 Å². The second-order valence-corrected chi connectivity index (χ2v) is 5.28. The minimum absolute atomic E-state index is 0.0120. The number of carbonyl (C=O) groups excluding carboxylic acids is 1. The van der Waals surface area contributed by atoms with Crippen molar-refractivity contribution in [3.63, 3.8) is 0 Å². The number of rotatable bonds is 6. The fraction of sp³-hybridized carbons (Fsp3) is 0.769. The molecule has 112 valence electrons. The van der Waals surface area contributed by atoms with Gasteiger partial charge in [0.05, 0.1) is 0 Å². The van der Waals surface area contributed by atoms with Gasteiger partial charge >= 0.3 is 12.2 Å². The number of nitrogens with zero attached hydrogens (tertiary/aromatic N) is 1. The van der Waals surface area contributed by atoms with Gasteiger partial charge in [-0.25, -0.2) is 4.79 Å². The largest absolute Gasteiger partial charge is 0.507 e. The average Bonchev–Trinajstić information content (AvgIpc) is 2.26. The highest BCUT2D eigenvalue weighted by Crippen LogP contribution is 2.13. The molecule has 4 nitrogen and oxygen atoms in total. The molecule has 0 bridgehead atoms. The molecule has 0 unspecified atom stereocenters. The average molecular weight is 279 g/mol. The number of unbranched alkanes of at least 4 members (excludes halogenated alkanes) is 1. The van der Waals surface area contributed by atoms with E-state index in [-0.39, 0.29) is 13.0 Å². The van der Waals surface area contributed by atoms with Crippen LogP contribution in [0.15, 0.2) is 11.8 Å². The predicted molar refractivity (Wildman–Crippen MR) is 69.2 cm³/mol. The zero-order valence-electron chi connectivity index (χ0n) is 12.0. The topological polar surface area (TPSA) is 49.8 Å². The van der Waals surface area contributed by atoms with Gasteiger partial charge in [-0.1, -0.05) is 13.3 Å². The highest BCUT2D eigenvalue weighted by molar-refractivity contribution is 5.68. The fourth-order valence-corrected chi connectivity index (χ4v) is 1.31. The first-order chi connectivity index (χ1) is 8.67. The summed E-state index contributed by atoms with van der Waals surface area (Å²) < 4.78 is 29.4. The Hall–Kier alpha value is -1.33. The number of ether oxygens (including phenoxy) is 1. The summed E-state index contributed by atoms with van der Waals surface area (Å²) in [6.07, 6.45) is -1.31. The predicted octanol–water partition coefficient (Wildman–Crippen LogP) is 4.08. The number of hydrogen-bond donors (Lipinski definition) is 1. The number of halogens is 2. The lowest BCUT2D eigenvalue weighted by molar-refractivity contribution is 0.0244. The van der Waals surface area contributed by atoms with Crippen LogP contribution in [-0.4, -0.2) is 34.8 Å². The highest BCUT2D eigenvalue weighted by Gasteiger charge is 2.22. The minimum Gasteiger partial charge on any atom is -0.507 e. The first-order valence-electron chi connectivity index (χ1n) is 6.38. The van der Waals surface area contributed by atoms with Gasteiger partial charge in [0, 0.05) is 19.5 Å². The summed E-state index contributed by atoms with van der Waals surface area (Å²) in [5, 5.41) is 8.97. The lowest BCUT2D eigenvalue weighted by Crippen LogP contribution is -2.38. The molecule has 0 radical (unpaired) electrons. The Morgan fingerprint density at radius 2 is 1.84 bits per heavy atom. The van der Waals surface area contributed by atoms with E-state index in [0.717, 1.165) is 12.8 Å². The van der Waals surface area contributed by atoms with Crippen molar-refractivity contribution >= 4 is 6.09 Å². The van der Waals surface area contributed by atoms with Crippen LogP contribution in [0.5, 0.6) is 0 Å². The van der Waals surface area contributed by atoms with Crippen LogP contribution in [0.3, 0.4) is 0 Å². The van der Waals surface area contributed by atoms with E-state index in [1.54, 1.807) is 20.8 Å². The van der Waals surface area contributed by atoms with Gasteiger partial charge in [0.1, 0.15) is 5.60 Å². The summed E-state index contributed by atoms with van der Waals surface area (Å²) in [5.74, 6) is -0.981. The molecular formula is C13H23F2NO3. The molecule has 0 aliphatic carbocycles. The van der Waals surface area contributed by atoms with E-state index in [1.165, 1.54) is 4.90 Å². The fourth-order valence-electron chi connectivity index (χ4n) is 1.31. The third kappa shape index (κ3) is 8.40. The van der Waals surface area contributed by atoms with Crippen LogP contribution < -0.4 is 0 Å². The van der Waals surface area contributed by atoms with Gasteiger partial charge < -0.3 is 14.7 Å². The van der Waals surface area contributed by atoms with Crippen molar-refractivity contribution in [2.24, 2.45) is 0 Å². The molecule has 0 saturated carbocycles. The maximum absolute atomic E-state index is 12.1. The van der Waals surface area contributed by atoms with Crippen molar-refractivity contribution in [3.05, 3.63) is 11.8 Å². The maximum Gasteiger partial charge on any atom is 0.410 e. The van der Waals surface area contributed by atoms with Crippen molar-refractivity contribution in [1.29, 1.82) is 0 Å². The van der Waals surface area contributed by atoms with Crippen LogP contribution in [0, 0.1) is 0 Å². The molecule has 1 amide bonds. The monoisotopic (exact) mass is 279 g/mol. The summed E-state index contributed by atoms with van der Waals surface area (Å²) in [6.45, 7) is 7.61. The van der Waals surface area contributed by atoms with E-state index in [1.807, 2.05) is 6.92 Å². The lowest BCUT2D eigenvalue weighted by Gasteiger charge is -2.27. The van der Waals surface area contributed by atoms with Crippen molar-refractivity contribution in [2.75, 3.05) is 13.1 Å². The molecule has 19 heavy (non-hydrogen) atoms. The number of amides is 1. The van der Waals surface area contributed by atoms with E-state index in [4.69, 9.17) is 9.84 Å². The van der Waals surface area contributed by atoms with Gasteiger partial charge in [0.25, 0.3) is 0 Å². The summed E-state index contributed by atoms with van der Waals surface area (Å²) in [6, 6.07) is 0. The summed E-state index contributed by atoms with van der Waals surface area (Å²) >= 11 is 0. The molecule has 0 atom stereocenters. The molecule has 0 aromatic rings. The van der Waals surface area contributed by atoms with Crippen LogP contribution in [0.1, 0.15) is 47.0 Å². The van der Waals surface area contributed by atoms with Crippen LogP contribution in [0.2, 0.25) is 0 Å². The third-order valence-electron chi connectivity index (χ3n) is 2.27. The van der Waals surface area contributed by atoms with E-state index in [0.29, 0.717) is 6.54 Å². The van der Waals surface area contributed by atoms with E-state index in [9.17, 15) is 13.6 Å². The number of aliphatic hydroxyl groups is 1. The standard InChI is InChI=1S/C13H23F2NO3/c1-5-6-8-16(9-7-10(17)11(14)15)12(18)19-13(2,3)4/h17H,5-9H2,1-4H3. The molecule has 0 fully saturated rings. The number of carbonyl (C=O) groups is 1. The second kappa shape index (κ2) is 7.96. The zero-order chi connectivity index (χ0) is 15.1. The molecule has 1 N–H and O–H groups in total. The Morgan fingerprint density at radius 3 is 2.26 bits per heavy atom. The SMILES string of the molecule is CCCCN(CCC(O)=C(F)F)C(=O)OC(C)(C)C. The molecule has 0 aromatic carbocycles. The Morgan fingerprint density at radius 1 is 1.26 bits per heavy atom. The summed E-state index contributed by atoms with van der Waals surface area (Å²) in [4.78, 5) is 13.2. The summed E-state index contributed by atoms with van der Waals surface area (Å²) in [7, 11) is 0. The van der Waals surface area contributed by atoms with Crippen LogP contribution in [0.4, 0.5) is 13.6 Å². The first kappa shape index (κ1) is 17.7. The van der Waals surface area contributed by atoms with Crippen molar-refractivity contribution in [3.8, 4) is 0 Å². The summed E-state index contributed by atoms with van der Waals surface area (Å²) in [5.41, 5.74) is -0.634. The molecule has 0 aromatic heterocycles. The van der Waals surface area contributed by atoms with E-state index >= 15 is 0 Å². The maximum atomic E-state index is 12.1. The second-order valence-electron chi connectivity index (χ2n) is 5.28. The van der Waals surface area contributed by atoms with Gasteiger partial charge in [-0.2, -0.15) is 8.78 Å². The first-order valence-corrected chi connectivity index (χ1v) is 6.38. The lowest BCUT2D eigenvalue weighted by atomic mass is 10.2. The third-order valence-corrected chi connectivity index (χ3v) is 2.27. The van der Waals surface area contributed by atoms with Crippen LogP contribution in [0.25, 0.3) is 0 Å². The molecule has 0 rings (SSSR count). The normalized spacial score (nSPS) is 11.1. The Kier molecular flexibility index (Phi) is 7.41. The van der Waals surface area contributed by atoms with Crippen molar-refractivity contribution in [1.82, 2.24) is 4.90 Å². The zero-order valence-corrected chi connectivity index (χ0v) is 12.0. The minimum atomic E-state index is -2.11. The van der Waals surface area contributed by atoms with E-state index < -0.39 is 23.5 Å². The Balaban J connectivity index is 4.54. The quantitative estimate of drug-likeness (QED) is 0.745. The molecule has 0 aliphatic rings. The molecular weight excluding hydrogens is 256 g/mol. The van der Waals surface area contributed by atoms with Crippen LogP contribution in [-0.2, 0) is 4.74 Å². The highest BCUT2D eigenvalue weighted by atomic mass is 19.3.